The van der Waals surface area contributed by atoms with Crippen LogP contribution < -0.4 is 15.1 Å². The third-order valence-corrected chi connectivity index (χ3v) is 7.48. The van der Waals surface area contributed by atoms with Crippen LogP contribution in [0.2, 0.25) is 0 Å². The third-order valence-electron chi connectivity index (χ3n) is 7.48. The molecule has 3 aliphatic rings. The third kappa shape index (κ3) is 4.64. The molecule has 7 nitrogen and oxygen atoms in total. The van der Waals surface area contributed by atoms with E-state index in [1.807, 2.05) is 55.1 Å². The molecule has 2 aromatic rings. The highest BCUT2D eigenvalue weighted by Gasteiger charge is 2.40. The Morgan fingerprint density at radius 2 is 1.69 bits per heavy atom. The maximum atomic E-state index is 13.6. The van der Waals surface area contributed by atoms with Gasteiger partial charge >= 0.3 is 0 Å². The number of hydrogen-bond acceptors (Lipinski definition) is 4. The molecule has 0 aliphatic carbocycles. The topological polar surface area (TPSA) is 73.0 Å². The summed E-state index contributed by atoms with van der Waals surface area (Å²) < 4.78 is 0. The molecule has 1 N–H and O–H groups in total. The maximum absolute atomic E-state index is 13.6. The van der Waals surface area contributed by atoms with Crippen LogP contribution in [0.5, 0.6) is 0 Å². The van der Waals surface area contributed by atoms with Gasteiger partial charge in [0.05, 0.1) is 11.4 Å². The molecule has 35 heavy (non-hydrogen) atoms. The molecule has 0 unspecified atom stereocenters. The lowest BCUT2D eigenvalue weighted by Gasteiger charge is -2.45. The van der Waals surface area contributed by atoms with Gasteiger partial charge in [0.25, 0.3) is 5.91 Å². The monoisotopic (exact) mass is 474 g/mol. The van der Waals surface area contributed by atoms with Crippen LogP contribution in [0.1, 0.15) is 60.0 Å². The Hall–Kier alpha value is -3.35. The number of aryl methyl sites for hydroxylation is 2. The van der Waals surface area contributed by atoms with Crippen LogP contribution in [0.4, 0.5) is 17.1 Å². The van der Waals surface area contributed by atoms with Crippen LogP contribution in [0.3, 0.4) is 0 Å². The van der Waals surface area contributed by atoms with Crippen LogP contribution in [0.15, 0.2) is 36.4 Å². The molecule has 0 aromatic heterocycles. The summed E-state index contributed by atoms with van der Waals surface area (Å²) in [6.07, 6.45) is 6.01. The first-order valence-electron chi connectivity index (χ1n) is 12.8. The molecule has 3 heterocycles. The van der Waals surface area contributed by atoms with E-state index in [2.05, 4.69) is 10.2 Å². The highest BCUT2D eigenvalue weighted by molar-refractivity contribution is 6.11. The minimum absolute atomic E-state index is 0.000369. The molecule has 1 atom stereocenters. The minimum Gasteiger partial charge on any atom is -0.358 e. The zero-order chi connectivity index (χ0) is 24.5. The first-order chi connectivity index (χ1) is 16.9. The number of carbonyl (C=O) groups excluding carboxylic acids is 3. The number of amides is 3. The molecule has 2 aromatic carbocycles. The largest absolute Gasteiger partial charge is 0.358 e. The number of rotatable bonds is 4. The van der Waals surface area contributed by atoms with Gasteiger partial charge < -0.3 is 15.1 Å². The van der Waals surface area contributed by atoms with Gasteiger partial charge in [-0.1, -0.05) is 17.7 Å². The SMILES string of the molecule is Cc1ccc(NC(=O)CN2C(=O)[C@H]3CCCCN3c3ccc(C(=O)N4CCCCC4)cc32)c(C)c1. The van der Waals surface area contributed by atoms with Gasteiger partial charge in [-0.25, -0.2) is 0 Å². The molecular weight excluding hydrogens is 440 g/mol. The van der Waals surface area contributed by atoms with E-state index in [0.717, 1.165) is 80.7 Å². The standard InChI is InChI=1S/C28H34N4O3/c1-19-9-11-22(20(2)16-19)29-26(33)18-32-25-17-21(27(34)30-13-5-3-6-14-30)10-12-23(25)31-15-7-4-8-24(31)28(32)35/h9-12,16-17,24H,3-8,13-15,18H2,1-2H3,(H,29,33)/t24-/m1/s1. The van der Waals surface area contributed by atoms with Crippen molar-refractivity contribution in [2.24, 2.45) is 0 Å². The molecule has 184 valence electrons. The van der Waals surface area contributed by atoms with Crippen LogP contribution >= 0.6 is 0 Å². The van der Waals surface area contributed by atoms with E-state index in [4.69, 9.17) is 0 Å². The van der Waals surface area contributed by atoms with Crippen molar-refractivity contribution >= 4 is 34.8 Å². The highest BCUT2D eigenvalue weighted by Crippen LogP contribution is 2.40. The van der Waals surface area contributed by atoms with E-state index in [1.54, 1.807) is 4.90 Å². The summed E-state index contributed by atoms with van der Waals surface area (Å²) >= 11 is 0. The molecule has 7 heteroatoms. The van der Waals surface area contributed by atoms with Crippen molar-refractivity contribution in [2.45, 2.75) is 58.4 Å². The van der Waals surface area contributed by atoms with E-state index in [9.17, 15) is 14.4 Å². The molecule has 3 amide bonds. The summed E-state index contributed by atoms with van der Waals surface area (Å²) in [5.41, 5.74) is 5.03. The smallest absolute Gasteiger partial charge is 0.253 e. The number of anilines is 3. The van der Waals surface area contributed by atoms with Crippen LogP contribution in [-0.2, 0) is 9.59 Å². The van der Waals surface area contributed by atoms with E-state index < -0.39 is 0 Å². The summed E-state index contributed by atoms with van der Waals surface area (Å²) in [6, 6.07) is 11.3. The predicted octanol–water partition coefficient (Wildman–Crippen LogP) is 4.27. The summed E-state index contributed by atoms with van der Waals surface area (Å²) in [5.74, 6) is -0.302. The van der Waals surface area contributed by atoms with Gasteiger partial charge in [0.2, 0.25) is 11.8 Å². The first-order valence-corrected chi connectivity index (χ1v) is 12.8. The first kappa shape index (κ1) is 23.4. The quantitative estimate of drug-likeness (QED) is 0.718. The number of fused-ring (bicyclic) bond motifs is 3. The van der Waals surface area contributed by atoms with Gasteiger partial charge in [0.1, 0.15) is 12.6 Å². The second kappa shape index (κ2) is 9.72. The fourth-order valence-electron chi connectivity index (χ4n) is 5.62. The van der Waals surface area contributed by atoms with Crippen molar-refractivity contribution in [3.05, 3.63) is 53.1 Å². The zero-order valence-corrected chi connectivity index (χ0v) is 20.7. The Labute approximate surface area is 207 Å². The molecular formula is C28H34N4O3. The number of nitrogens with zero attached hydrogens (tertiary/aromatic N) is 3. The minimum atomic E-state index is -0.256. The van der Waals surface area contributed by atoms with Gasteiger partial charge in [-0.15, -0.1) is 0 Å². The van der Waals surface area contributed by atoms with Crippen molar-refractivity contribution in [1.29, 1.82) is 0 Å². The van der Waals surface area contributed by atoms with Crippen molar-refractivity contribution in [1.82, 2.24) is 4.90 Å². The summed E-state index contributed by atoms with van der Waals surface area (Å²) in [6.45, 7) is 6.25. The lowest BCUT2D eigenvalue weighted by atomic mass is 9.95. The number of hydrogen-bond donors (Lipinski definition) is 1. The van der Waals surface area contributed by atoms with Crippen LogP contribution in [-0.4, -0.2) is 54.8 Å². The molecule has 5 rings (SSSR count). The molecule has 0 saturated carbocycles. The van der Waals surface area contributed by atoms with Crippen molar-refractivity contribution in [2.75, 3.05) is 41.3 Å². The van der Waals surface area contributed by atoms with Gasteiger partial charge in [-0.2, -0.15) is 0 Å². The van der Waals surface area contributed by atoms with E-state index in [-0.39, 0.29) is 30.3 Å². The normalized spacial score (nSPS) is 19.8. The van der Waals surface area contributed by atoms with E-state index in [1.165, 1.54) is 0 Å². The van der Waals surface area contributed by atoms with Crippen molar-refractivity contribution in [3.63, 3.8) is 0 Å². The number of carbonyl (C=O) groups is 3. The average Bonchev–Trinajstić information content (AvgIpc) is 2.88. The highest BCUT2D eigenvalue weighted by atomic mass is 16.2. The van der Waals surface area contributed by atoms with Gasteiger partial charge in [0, 0.05) is 30.9 Å². The Kier molecular flexibility index (Phi) is 6.50. The van der Waals surface area contributed by atoms with Gasteiger partial charge in [0.15, 0.2) is 0 Å². The Balaban J connectivity index is 1.45. The number of likely N-dealkylation sites (tertiary alicyclic amines) is 1. The fraction of sp³-hybridized carbons (Fsp3) is 0.464. The Bertz CT molecular complexity index is 1150. The number of benzene rings is 2. The summed E-state index contributed by atoms with van der Waals surface area (Å²) in [7, 11) is 0. The predicted molar refractivity (Wildman–Crippen MR) is 138 cm³/mol. The van der Waals surface area contributed by atoms with Crippen molar-refractivity contribution < 1.29 is 14.4 Å². The number of nitrogens with one attached hydrogen (secondary N) is 1. The zero-order valence-electron chi connectivity index (χ0n) is 20.7. The molecule has 0 bridgehead atoms. The fourth-order valence-corrected chi connectivity index (χ4v) is 5.62. The molecule has 0 radical (unpaired) electrons. The summed E-state index contributed by atoms with van der Waals surface area (Å²) in [5, 5.41) is 2.98. The Morgan fingerprint density at radius 3 is 2.46 bits per heavy atom. The number of piperidine rings is 2. The van der Waals surface area contributed by atoms with E-state index in [0.29, 0.717) is 11.3 Å². The average molecular weight is 475 g/mol. The lowest BCUT2D eigenvalue weighted by molar-refractivity contribution is -0.123. The van der Waals surface area contributed by atoms with Gasteiger partial charge in [-0.05, 0) is 82.2 Å². The van der Waals surface area contributed by atoms with Gasteiger partial charge in [-0.3, -0.25) is 19.3 Å². The molecule has 3 aliphatic heterocycles. The van der Waals surface area contributed by atoms with Crippen molar-refractivity contribution in [3.8, 4) is 0 Å². The van der Waals surface area contributed by atoms with E-state index >= 15 is 0 Å². The molecule has 2 saturated heterocycles. The second-order valence-electron chi connectivity index (χ2n) is 10.1. The van der Waals surface area contributed by atoms with Crippen LogP contribution in [0, 0.1) is 13.8 Å². The van der Waals surface area contributed by atoms with Crippen LogP contribution in [0.25, 0.3) is 0 Å². The summed E-state index contributed by atoms with van der Waals surface area (Å²) in [4.78, 5) is 45.6. The maximum Gasteiger partial charge on any atom is 0.253 e. The lowest BCUT2D eigenvalue weighted by Crippen LogP contribution is -2.56. The Morgan fingerprint density at radius 1 is 0.914 bits per heavy atom. The molecule has 0 spiro atoms. The molecule has 2 fully saturated rings. The second-order valence-corrected chi connectivity index (χ2v) is 10.1.